The summed E-state index contributed by atoms with van der Waals surface area (Å²) in [5.74, 6) is -1.37. The minimum Gasteiger partial charge on any atom is -0.508 e. The Labute approximate surface area is 135 Å². The van der Waals surface area contributed by atoms with Crippen molar-refractivity contribution in [2.45, 2.75) is 6.18 Å². The molecule has 0 saturated carbocycles. The van der Waals surface area contributed by atoms with E-state index < -0.39 is 23.3 Å². The lowest BCUT2D eigenvalue weighted by atomic mass is 10.1. The number of rotatable bonds is 4. The summed E-state index contributed by atoms with van der Waals surface area (Å²) >= 11 is 0. The molecule has 126 valence electrons. The van der Waals surface area contributed by atoms with Gasteiger partial charge in [0.05, 0.1) is 12.7 Å². The Morgan fingerprint density at radius 3 is 2.29 bits per heavy atom. The van der Waals surface area contributed by atoms with Gasteiger partial charge in [-0.1, -0.05) is 18.2 Å². The fourth-order valence-electron chi connectivity index (χ4n) is 2.03. The van der Waals surface area contributed by atoms with E-state index in [1.165, 1.54) is 31.4 Å². The van der Waals surface area contributed by atoms with E-state index in [-0.39, 0.29) is 17.1 Å². The largest absolute Gasteiger partial charge is 0.508 e. The number of carbonyl (C=O) groups is 1. The smallest absolute Gasteiger partial charge is 0.416 e. The van der Waals surface area contributed by atoms with Gasteiger partial charge >= 0.3 is 6.18 Å². The number of phenols is 2. The van der Waals surface area contributed by atoms with Gasteiger partial charge in [-0.05, 0) is 23.8 Å². The van der Waals surface area contributed by atoms with E-state index in [4.69, 9.17) is 4.74 Å². The molecule has 0 saturated heterocycles. The van der Waals surface area contributed by atoms with Crippen molar-refractivity contribution >= 4 is 11.9 Å². The van der Waals surface area contributed by atoms with E-state index in [2.05, 4.69) is 0 Å². The van der Waals surface area contributed by atoms with Crippen molar-refractivity contribution in [1.82, 2.24) is 0 Å². The molecule has 2 aromatic rings. The molecule has 0 bridgehead atoms. The molecule has 2 rings (SSSR count). The molecular formula is C17H13F3O4. The first-order valence-corrected chi connectivity index (χ1v) is 6.72. The number of benzene rings is 2. The molecular weight excluding hydrogens is 325 g/mol. The van der Waals surface area contributed by atoms with Gasteiger partial charge in [0.25, 0.3) is 0 Å². The summed E-state index contributed by atoms with van der Waals surface area (Å²) in [5.41, 5.74) is -0.559. The number of aromatic hydroxyl groups is 2. The van der Waals surface area contributed by atoms with Crippen molar-refractivity contribution < 1.29 is 32.9 Å². The summed E-state index contributed by atoms with van der Waals surface area (Å²) in [6.45, 7) is 0. The van der Waals surface area contributed by atoms with Crippen LogP contribution in [0.1, 0.15) is 21.5 Å². The molecule has 2 aromatic carbocycles. The summed E-state index contributed by atoms with van der Waals surface area (Å²) in [6.07, 6.45) is -2.02. The van der Waals surface area contributed by atoms with Gasteiger partial charge in [-0.25, -0.2) is 0 Å². The topological polar surface area (TPSA) is 66.8 Å². The fourth-order valence-corrected chi connectivity index (χ4v) is 2.03. The van der Waals surface area contributed by atoms with Gasteiger partial charge < -0.3 is 14.9 Å². The summed E-state index contributed by atoms with van der Waals surface area (Å²) < 4.78 is 42.4. The van der Waals surface area contributed by atoms with Gasteiger partial charge in [-0.3, -0.25) is 4.79 Å². The van der Waals surface area contributed by atoms with Crippen LogP contribution in [0.15, 0.2) is 42.5 Å². The standard InChI is InChI=1S/C17H13F3O4/c1-24-15-9-12(21)8-14(23)16(15)13(22)7-4-10-2-5-11(6-3-10)17(18,19)20/h2-9,21,23H,1H3. The monoisotopic (exact) mass is 338 g/mol. The maximum absolute atomic E-state index is 12.5. The van der Waals surface area contributed by atoms with Crippen molar-refractivity contribution in [2.75, 3.05) is 7.11 Å². The van der Waals surface area contributed by atoms with Crippen molar-refractivity contribution in [3.8, 4) is 17.2 Å². The van der Waals surface area contributed by atoms with E-state index >= 15 is 0 Å². The molecule has 0 aliphatic heterocycles. The molecule has 0 unspecified atom stereocenters. The SMILES string of the molecule is COc1cc(O)cc(O)c1C(=O)C=Cc1ccc(C(F)(F)F)cc1. The number of allylic oxidation sites excluding steroid dienone is 1. The van der Waals surface area contributed by atoms with E-state index in [9.17, 15) is 28.2 Å². The number of halogens is 3. The lowest BCUT2D eigenvalue weighted by Gasteiger charge is -2.08. The van der Waals surface area contributed by atoms with Gasteiger partial charge in [0.2, 0.25) is 0 Å². The molecule has 0 aliphatic rings. The second-order valence-corrected chi connectivity index (χ2v) is 4.86. The zero-order valence-corrected chi connectivity index (χ0v) is 12.5. The highest BCUT2D eigenvalue weighted by atomic mass is 19.4. The lowest BCUT2D eigenvalue weighted by molar-refractivity contribution is -0.137. The molecule has 0 amide bonds. The average molecular weight is 338 g/mol. The first kappa shape index (κ1) is 17.4. The first-order chi connectivity index (χ1) is 11.2. The van der Waals surface area contributed by atoms with Gasteiger partial charge in [-0.15, -0.1) is 0 Å². The van der Waals surface area contributed by atoms with Crippen LogP contribution in [-0.4, -0.2) is 23.1 Å². The van der Waals surface area contributed by atoms with E-state index in [1.807, 2.05) is 0 Å². The van der Waals surface area contributed by atoms with Crippen molar-refractivity contribution in [2.24, 2.45) is 0 Å². The van der Waals surface area contributed by atoms with Crippen LogP contribution < -0.4 is 4.74 Å². The van der Waals surface area contributed by atoms with Gasteiger partial charge in [-0.2, -0.15) is 13.2 Å². The maximum atomic E-state index is 12.5. The second kappa shape index (κ2) is 6.66. The van der Waals surface area contributed by atoms with Crippen molar-refractivity contribution in [1.29, 1.82) is 0 Å². The number of methoxy groups -OCH3 is 1. The fraction of sp³-hybridized carbons (Fsp3) is 0.118. The number of hydrogen-bond acceptors (Lipinski definition) is 4. The van der Waals surface area contributed by atoms with Crippen LogP contribution in [0.4, 0.5) is 13.2 Å². The number of phenolic OH excluding ortho intramolecular Hbond substituents is 2. The Morgan fingerprint density at radius 2 is 1.75 bits per heavy atom. The predicted molar refractivity (Wildman–Crippen MR) is 81.1 cm³/mol. The van der Waals surface area contributed by atoms with Crippen LogP contribution in [0.3, 0.4) is 0 Å². The van der Waals surface area contributed by atoms with Crippen molar-refractivity contribution in [3.63, 3.8) is 0 Å². The molecule has 0 aliphatic carbocycles. The molecule has 2 N–H and O–H groups in total. The van der Waals surface area contributed by atoms with Gasteiger partial charge in [0.15, 0.2) is 5.78 Å². The Hall–Kier alpha value is -2.96. The Bertz CT molecular complexity index is 778. The Morgan fingerprint density at radius 1 is 1.12 bits per heavy atom. The molecule has 0 atom stereocenters. The molecule has 24 heavy (non-hydrogen) atoms. The van der Waals surface area contributed by atoms with Crippen LogP contribution in [0, 0.1) is 0 Å². The molecule has 0 aromatic heterocycles. The Kier molecular flexibility index (Phi) is 4.82. The van der Waals surface area contributed by atoms with E-state index in [1.54, 1.807) is 0 Å². The quantitative estimate of drug-likeness (QED) is 0.653. The molecule has 7 heteroatoms. The molecule has 0 spiro atoms. The molecule has 0 heterocycles. The summed E-state index contributed by atoms with van der Waals surface area (Å²) in [5, 5.41) is 19.1. The normalized spacial score (nSPS) is 11.7. The first-order valence-electron chi connectivity index (χ1n) is 6.72. The van der Waals surface area contributed by atoms with Crippen LogP contribution in [-0.2, 0) is 6.18 Å². The zero-order valence-electron chi connectivity index (χ0n) is 12.5. The minimum absolute atomic E-state index is 0.0189. The van der Waals surface area contributed by atoms with Crippen LogP contribution in [0.25, 0.3) is 6.08 Å². The third-order valence-corrected chi connectivity index (χ3v) is 3.20. The highest BCUT2D eigenvalue weighted by Crippen LogP contribution is 2.33. The highest BCUT2D eigenvalue weighted by molar-refractivity contribution is 6.10. The minimum atomic E-state index is -4.43. The Balaban J connectivity index is 2.25. The van der Waals surface area contributed by atoms with E-state index in [0.717, 1.165) is 24.3 Å². The number of carbonyl (C=O) groups excluding carboxylic acids is 1. The van der Waals surface area contributed by atoms with Crippen LogP contribution >= 0.6 is 0 Å². The van der Waals surface area contributed by atoms with Crippen molar-refractivity contribution in [3.05, 3.63) is 59.2 Å². The highest BCUT2D eigenvalue weighted by Gasteiger charge is 2.29. The van der Waals surface area contributed by atoms with Gasteiger partial charge in [0.1, 0.15) is 22.8 Å². The number of ketones is 1. The summed E-state index contributed by atoms with van der Waals surface area (Å²) in [4.78, 5) is 12.2. The molecule has 0 radical (unpaired) electrons. The van der Waals surface area contributed by atoms with Crippen LogP contribution in [0.2, 0.25) is 0 Å². The second-order valence-electron chi connectivity index (χ2n) is 4.86. The summed E-state index contributed by atoms with van der Waals surface area (Å²) in [6, 6.07) is 6.41. The summed E-state index contributed by atoms with van der Waals surface area (Å²) in [7, 11) is 1.27. The van der Waals surface area contributed by atoms with E-state index in [0.29, 0.717) is 5.56 Å². The number of ether oxygens (including phenoxy) is 1. The lowest BCUT2D eigenvalue weighted by Crippen LogP contribution is -2.04. The molecule has 4 nitrogen and oxygen atoms in total. The van der Waals surface area contributed by atoms with Gasteiger partial charge in [0, 0.05) is 12.1 Å². The third kappa shape index (κ3) is 3.87. The average Bonchev–Trinajstić information content (AvgIpc) is 2.51. The third-order valence-electron chi connectivity index (χ3n) is 3.20. The predicted octanol–water partition coefficient (Wildman–Crippen LogP) is 4.02. The number of hydrogen-bond donors (Lipinski definition) is 2. The maximum Gasteiger partial charge on any atom is 0.416 e. The van der Waals surface area contributed by atoms with Crippen LogP contribution in [0.5, 0.6) is 17.2 Å². The zero-order chi connectivity index (χ0) is 17.9. The number of alkyl halides is 3. The molecule has 0 fully saturated rings.